The molecule has 2 bridgehead atoms. The number of hydrogen-bond donors (Lipinski definition) is 1. The summed E-state index contributed by atoms with van der Waals surface area (Å²) in [5, 5.41) is 4.01. The lowest BCUT2D eigenvalue weighted by atomic mass is 9.61. The second kappa shape index (κ2) is 13.6. The largest absolute Gasteiger partial charge is 0.308 e. The minimum Gasteiger partial charge on any atom is -0.308 e. The summed E-state index contributed by atoms with van der Waals surface area (Å²) >= 11 is 0. The summed E-state index contributed by atoms with van der Waals surface area (Å²) in [5.74, 6) is 2.75. The SMILES string of the molecule is CC(C)=CCC/C(C)=C/CC/C(C)=C/CC/C(C)=C/CNC12CC(C)CC(CC(C)C1)C2. The summed E-state index contributed by atoms with van der Waals surface area (Å²) in [6.45, 7) is 17.3. The van der Waals surface area contributed by atoms with Gasteiger partial charge in [-0.25, -0.2) is 0 Å². The van der Waals surface area contributed by atoms with Crippen molar-refractivity contribution in [2.24, 2.45) is 17.8 Å². The molecule has 0 radical (unpaired) electrons. The molecular weight excluding hydrogens is 386 g/mol. The molecule has 0 aromatic rings. The van der Waals surface area contributed by atoms with Crippen molar-refractivity contribution in [3.8, 4) is 0 Å². The van der Waals surface area contributed by atoms with Gasteiger partial charge in [-0.15, -0.1) is 0 Å². The number of fused-ring (bicyclic) bond motifs is 2. The summed E-state index contributed by atoms with van der Waals surface area (Å²) in [5.41, 5.74) is 6.47. The Morgan fingerprint density at radius 3 is 1.66 bits per heavy atom. The molecule has 1 N–H and O–H groups in total. The summed E-state index contributed by atoms with van der Waals surface area (Å²) in [4.78, 5) is 0. The van der Waals surface area contributed by atoms with Crippen LogP contribution in [0.1, 0.15) is 119 Å². The number of nitrogens with one attached hydrogen (secondary N) is 1. The smallest absolute Gasteiger partial charge is 0.0192 e. The van der Waals surface area contributed by atoms with Crippen molar-refractivity contribution in [1.82, 2.24) is 5.32 Å². The highest BCUT2D eigenvalue weighted by Crippen LogP contribution is 2.47. The van der Waals surface area contributed by atoms with Gasteiger partial charge >= 0.3 is 0 Å². The Labute approximate surface area is 200 Å². The molecule has 0 aromatic heterocycles. The minimum absolute atomic E-state index is 0.421. The third kappa shape index (κ3) is 10.2. The Hall–Kier alpha value is -1.08. The third-order valence-electron chi connectivity index (χ3n) is 7.71. The molecule has 2 saturated carbocycles. The maximum Gasteiger partial charge on any atom is 0.0192 e. The van der Waals surface area contributed by atoms with Crippen molar-refractivity contribution in [2.75, 3.05) is 6.54 Å². The van der Waals surface area contributed by atoms with Crippen LogP contribution in [0.25, 0.3) is 0 Å². The molecule has 0 spiro atoms. The zero-order valence-electron chi connectivity index (χ0n) is 22.5. The molecule has 1 nitrogen and oxygen atoms in total. The second-order valence-corrected chi connectivity index (χ2v) is 11.9. The van der Waals surface area contributed by atoms with Crippen molar-refractivity contribution in [3.05, 3.63) is 46.6 Å². The molecule has 2 atom stereocenters. The van der Waals surface area contributed by atoms with Gasteiger partial charge in [-0.05, 0) is 123 Å². The highest BCUT2D eigenvalue weighted by molar-refractivity contribution is 5.08. The van der Waals surface area contributed by atoms with E-state index in [1.54, 1.807) is 5.57 Å². The van der Waals surface area contributed by atoms with E-state index in [1.807, 2.05) is 0 Å². The van der Waals surface area contributed by atoms with Crippen LogP contribution < -0.4 is 5.32 Å². The fraction of sp³-hybridized carbons (Fsp3) is 0.742. The summed E-state index contributed by atoms with van der Waals surface area (Å²) in [7, 11) is 0. The standard InChI is InChI=1S/C31H53N/c1-24(2)11-8-12-25(3)13-9-14-26(4)15-10-16-27(5)17-18-32-31-21-28(6)19-30(23-31)20-29(7)22-31/h11,13,15,17,28-30,32H,8-10,12,14,16,18-23H2,1-7H3/b25-13+,26-15+,27-17+. The number of allylic oxidation sites excluding steroid dienone is 7. The van der Waals surface area contributed by atoms with E-state index in [4.69, 9.17) is 0 Å². The van der Waals surface area contributed by atoms with Gasteiger partial charge in [-0.3, -0.25) is 0 Å². The van der Waals surface area contributed by atoms with Crippen LogP contribution in [0.4, 0.5) is 0 Å². The first-order valence-corrected chi connectivity index (χ1v) is 13.5. The third-order valence-corrected chi connectivity index (χ3v) is 7.71. The van der Waals surface area contributed by atoms with Crippen molar-refractivity contribution in [3.63, 3.8) is 0 Å². The van der Waals surface area contributed by atoms with Gasteiger partial charge in [-0.2, -0.15) is 0 Å². The van der Waals surface area contributed by atoms with E-state index >= 15 is 0 Å². The highest BCUT2D eigenvalue weighted by Gasteiger charge is 2.43. The molecule has 0 aromatic carbocycles. The fourth-order valence-corrected chi connectivity index (χ4v) is 6.35. The molecule has 2 fully saturated rings. The van der Waals surface area contributed by atoms with E-state index in [0.29, 0.717) is 5.54 Å². The molecule has 2 unspecified atom stereocenters. The van der Waals surface area contributed by atoms with E-state index in [-0.39, 0.29) is 0 Å². The molecule has 182 valence electrons. The quantitative estimate of drug-likeness (QED) is 0.299. The van der Waals surface area contributed by atoms with Crippen LogP contribution in [0.5, 0.6) is 0 Å². The lowest BCUT2D eigenvalue weighted by Gasteiger charge is -2.50. The molecular formula is C31H53N. The van der Waals surface area contributed by atoms with E-state index < -0.39 is 0 Å². The van der Waals surface area contributed by atoms with E-state index in [9.17, 15) is 0 Å². The normalized spacial score (nSPS) is 29.2. The van der Waals surface area contributed by atoms with Crippen molar-refractivity contribution >= 4 is 0 Å². The first-order chi connectivity index (χ1) is 15.2. The van der Waals surface area contributed by atoms with E-state index in [2.05, 4.69) is 78.1 Å². The van der Waals surface area contributed by atoms with Gasteiger partial charge in [0.2, 0.25) is 0 Å². The first kappa shape index (κ1) is 27.2. The monoisotopic (exact) mass is 439 g/mol. The Bertz CT molecular complexity index is 666. The summed E-state index contributed by atoms with van der Waals surface area (Å²) in [6, 6.07) is 0. The van der Waals surface area contributed by atoms with Crippen molar-refractivity contribution in [2.45, 2.75) is 125 Å². The van der Waals surface area contributed by atoms with Crippen molar-refractivity contribution < 1.29 is 0 Å². The molecule has 0 aliphatic heterocycles. The number of hydrogen-bond acceptors (Lipinski definition) is 1. The summed E-state index contributed by atoms with van der Waals surface area (Å²) < 4.78 is 0. The molecule has 0 saturated heterocycles. The lowest BCUT2D eigenvalue weighted by Crippen LogP contribution is -2.54. The lowest BCUT2D eigenvalue weighted by molar-refractivity contribution is 0.0582. The van der Waals surface area contributed by atoms with Crippen LogP contribution in [-0.2, 0) is 0 Å². The predicted molar refractivity (Wildman–Crippen MR) is 144 cm³/mol. The van der Waals surface area contributed by atoms with Gasteiger partial charge < -0.3 is 5.32 Å². The number of rotatable bonds is 12. The summed E-state index contributed by atoms with van der Waals surface area (Å²) in [6.07, 6.45) is 23.9. The van der Waals surface area contributed by atoms with Gasteiger partial charge in [0.05, 0.1) is 0 Å². The molecule has 2 aliphatic carbocycles. The maximum absolute atomic E-state index is 4.01. The van der Waals surface area contributed by atoms with Crippen LogP contribution in [0.3, 0.4) is 0 Å². The zero-order chi connectivity index (χ0) is 23.6. The van der Waals surface area contributed by atoms with Crippen LogP contribution in [0.2, 0.25) is 0 Å². The molecule has 32 heavy (non-hydrogen) atoms. The Kier molecular flexibility index (Phi) is 11.5. The van der Waals surface area contributed by atoms with E-state index in [1.165, 1.54) is 87.3 Å². The minimum atomic E-state index is 0.421. The molecule has 2 rings (SSSR count). The van der Waals surface area contributed by atoms with Gasteiger partial charge in [0.1, 0.15) is 0 Å². The van der Waals surface area contributed by atoms with Crippen LogP contribution in [0.15, 0.2) is 46.6 Å². The molecule has 0 amide bonds. The van der Waals surface area contributed by atoms with E-state index in [0.717, 1.165) is 24.3 Å². The van der Waals surface area contributed by atoms with Gasteiger partial charge in [0, 0.05) is 12.1 Å². The molecule has 0 heterocycles. The highest BCUT2D eigenvalue weighted by atomic mass is 15.0. The Morgan fingerprint density at radius 2 is 1.16 bits per heavy atom. The van der Waals surface area contributed by atoms with Gasteiger partial charge in [-0.1, -0.05) is 60.4 Å². The average Bonchev–Trinajstić information content (AvgIpc) is 2.66. The Morgan fingerprint density at radius 1 is 0.688 bits per heavy atom. The van der Waals surface area contributed by atoms with Crippen LogP contribution in [0, 0.1) is 17.8 Å². The molecule has 2 aliphatic rings. The topological polar surface area (TPSA) is 12.0 Å². The first-order valence-electron chi connectivity index (χ1n) is 13.5. The fourth-order valence-electron chi connectivity index (χ4n) is 6.35. The maximum atomic E-state index is 4.01. The second-order valence-electron chi connectivity index (χ2n) is 11.9. The van der Waals surface area contributed by atoms with Gasteiger partial charge in [0.15, 0.2) is 0 Å². The molecule has 1 heteroatoms. The average molecular weight is 440 g/mol. The van der Waals surface area contributed by atoms with Crippen molar-refractivity contribution in [1.29, 1.82) is 0 Å². The Balaban J connectivity index is 1.67. The predicted octanol–water partition coefficient (Wildman–Crippen LogP) is 9.33. The van der Waals surface area contributed by atoms with Crippen LogP contribution >= 0.6 is 0 Å². The van der Waals surface area contributed by atoms with Gasteiger partial charge in [0.25, 0.3) is 0 Å². The zero-order valence-corrected chi connectivity index (χ0v) is 22.5. The van der Waals surface area contributed by atoms with Crippen LogP contribution in [-0.4, -0.2) is 12.1 Å².